The van der Waals surface area contributed by atoms with Crippen LogP contribution in [0.15, 0.2) is 23.3 Å². The molecule has 1 N–H and O–H groups in total. The van der Waals surface area contributed by atoms with Crippen molar-refractivity contribution in [2.24, 2.45) is 34.5 Å². The lowest BCUT2D eigenvalue weighted by Crippen LogP contribution is -2.71. The number of allylic oxidation sites excluding steroid dienone is 2. The lowest BCUT2D eigenvalue weighted by Gasteiger charge is -2.68. The molecular formula is C25H36O6. The van der Waals surface area contributed by atoms with Crippen LogP contribution in [0.5, 0.6) is 0 Å². The first-order valence-electron chi connectivity index (χ1n) is 11.2. The number of ketones is 1. The topological polar surface area (TPSA) is 89.9 Å². The molecule has 0 heterocycles. The Labute approximate surface area is 185 Å². The van der Waals surface area contributed by atoms with E-state index in [0.717, 1.165) is 0 Å². The van der Waals surface area contributed by atoms with Gasteiger partial charge < -0.3 is 14.6 Å². The highest BCUT2D eigenvalue weighted by molar-refractivity contribution is 5.89. The zero-order chi connectivity index (χ0) is 23.5. The molecule has 4 rings (SSSR count). The molecule has 6 nitrogen and oxygen atoms in total. The average Bonchev–Trinajstić information content (AvgIpc) is 2.78. The zero-order valence-corrected chi connectivity index (χ0v) is 19.9. The van der Waals surface area contributed by atoms with Crippen LogP contribution in [0.25, 0.3) is 0 Å². The fourth-order valence-corrected chi connectivity index (χ4v) is 6.64. The van der Waals surface area contributed by atoms with Crippen LogP contribution < -0.4 is 0 Å². The molecule has 6 heteroatoms. The molecule has 31 heavy (non-hydrogen) atoms. The first kappa shape index (κ1) is 23.7. The van der Waals surface area contributed by atoms with E-state index in [9.17, 15) is 19.5 Å². The molecule has 0 aliphatic heterocycles. The van der Waals surface area contributed by atoms with Crippen molar-refractivity contribution in [3.63, 3.8) is 0 Å². The number of carbonyl (C=O) groups is 3. The minimum Gasteiger partial charge on any atom is -0.456 e. The van der Waals surface area contributed by atoms with Crippen LogP contribution in [-0.4, -0.2) is 41.1 Å². The number of carbonyl (C=O) groups excluding carboxylic acids is 3. The van der Waals surface area contributed by atoms with Gasteiger partial charge in [0.05, 0.1) is 0 Å². The highest BCUT2D eigenvalue weighted by Crippen LogP contribution is 2.73. The molecule has 8 atom stereocenters. The largest absolute Gasteiger partial charge is 0.456 e. The number of hydrogen-bond acceptors (Lipinski definition) is 6. The van der Waals surface area contributed by atoms with Gasteiger partial charge in [-0.1, -0.05) is 39.8 Å². The van der Waals surface area contributed by atoms with E-state index >= 15 is 0 Å². The van der Waals surface area contributed by atoms with Gasteiger partial charge in [-0.2, -0.15) is 0 Å². The van der Waals surface area contributed by atoms with Gasteiger partial charge in [0.1, 0.15) is 24.1 Å². The van der Waals surface area contributed by atoms with Crippen molar-refractivity contribution in [3.05, 3.63) is 23.3 Å². The highest BCUT2D eigenvalue weighted by Gasteiger charge is 2.77. The Morgan fingerprint density at radius 3 is 1.90 bits per heavy atom. The fraction of sp³-hybridized carbons (Fsp3) is 0.720. The summed E-state index contributed by atoms with van der Waals surface area (Å²) in [7, 11) is 0. The number of hydrogen-bond donors (Lipinski definition) is 1. The third-order valence-corrected chi connectivity index (χ3v) is 8.42. The summed E-state index contributed by atoms with van der Waals surface area (Å²) in [6.45, 7) is 14.7. The van der Waals surface area contributed by atoms with Crippen molar-refractivity contribution in [2.75, 3.05) is 0 Å². The number of esters is 2. The van der Waals surface area contributed by atoms with Crippen molar-refractivity contribution in [2.45, 2.75) is 80.1 Å². The van der Waals surface area contributed by atoms with Crippen molar-refractivity contribution in [1.29, 1.82) is 0 Å². The molecule has 4 fully saturated rings. The minimum absolute atomic E-state index is 0.0568. The zero-order valence-electron chi connectivity index (χ0n) is 19.9. The molecule has 4 bridgehead atoms. The molecule has 4 saturated carbocycles. The van der Waals surface area contributed by atoms with Crippen LogP contribution in [0, 0.1) is 34.5 Å². The van der Waals surface area contributed by atoms with Crippen molar-refractivity contribution in [3.8, 4) is 0 Å². The van der Waals surface area contributed by atoms with E-state index in [1.807, 2.05) is 20.8 Å². The normalized spacial score (nSPS) is 41.7. The fourth-order valence-electron chi connectivity index (χ4n) is 6.64. The van der Waals surface area contributed by atoms with Gasteiger partial charge >= 0.3 is 11.9 Å². The second-order valence-electron chi connectivity index (χ2n) is 10.5. The maximum absolute atomic E-state index is 13.2. The summed E-state index contributed by atoms with van der Waals surface area (Å²) in [5.74, 6) is -1.12. The summed E-state index contributed by atoms with van der Waals surface area (Å²) in [5, 5.41) is 11.5. The SMILES string of the molecule is CC=C(C)C(=O)OC1C(O)C(OC(=O)C(C)=CC)C2(C)C3C(=O)CC(C)C2C3C1(C)C. The summed E-state index contributed by atoms with van der Waals surface area (Å²) < 4.78 is 11.8. The van der Waals surface area contributed by atoms with Crippen molar-refractivity contribution in [1.82, 2.24) is 0 Å². The highest BCUT2D eigenvalue weighted by atomic mass is 16.6. The monoisotopic (exact) mass is 432 g/mol. The summed E-state index contributed by atoms with van der Waals surface area (Å²) in [6.07, 6.45) is 0.715. The van der Waals surface area contributed by atoms with E-state index in [4.69, 9.17) is 9.47 Å². The van der Waals surface area contributed by atoms with Gasteiger partial charge in [-0.25, -0.2) is 9.59 Å². The van der Waals surface area contributed by atoms with Gasteiger partial charge in [-0.15, -0.1) is 0 Å². The summed E-state index contributed by atoms with van der Waals surface area (Å²) in [5.41, 5.74) is -0.498. The standard InChI is InChI=1S/C25H36O6/c1-9-12(3)22(28)30-20-19(27)21(31-23(29)13(4)10-2)25(8)16-14(5)11-15(26)17(25)18(16)24(20,6)7/h9-10,14,16-21,27H,11H2,1-8H3. The van der Waals surface area contributed by atoms with Crippen LogP contribution >= 0.6 is 0 Å². The van der Waals surface area contributed by atoms with Crippen LogP contribution in [0.4, 0.5) is 0 Å². The molecular weight excluding hydrogens is 396 g/mol. The molecule has 4 aliphatic carbocycles. The smallest absolute Gasteiger partial charge is 0.333 e. The maximum Gasteiger partial charge on any atom is 0.333 e. The first-order valence-corrected chi connectivity index (χ1v) is 11.2. The van der Waals surface area contributed by atoms with E-state index in [2.05, 4.69) is 6.92 Å². The number of rotatable bonds is 4. The number of aliphatic hydroxyl groups is 1. The molecule has 4 aliphatic rings. The van der Waals surface area contributed by atoms with Gasteiger partial charge in [-0.3, -0.25) is 4.79 Å². The summed E-state index contributed by atoms with van der Waals surface area (Å²) in [6, 6.07) is 0. The van der Waals surface area contributed by atoms with Gasteiger partial charge in [0.2, 0.25) is 0 Å². The summed E-state index contributed by atoms with van der Waals surface area (Å²) in [4.78, 5) is 38.6. The van der Waals surface area contributed by atoms with Crippen molar-refractivity contribution < 1.29 is 29.0 Å². The molecule has 0 spiro atoms. The van der Waals surface area contributed by atoms with E-state index in [1.54, 1.807) is 39.8 Å². The second-order valence-corrected chi connectivity index (χ2v) is 10.5. The average molecular weight is 433 g/mol. The molecule has 0 aromatic carbocycles. The second kappa shape index (κ2) is 7.88. The number of Topliss-reactive ketones (excluding diaryl/α,β-unsaturated/α-hetero) is 1. The molecule has 172 valence electrons. The van der Waals surface area contributed by atoms with Gasteiger partial charge in [0, 0.05) is 34.3 Å². The van der Waals surface area contributed by atoms with Gasteiger partial charge in [0.25, 0.3) is 0 Å². The van der Waals surface area contributed by atoms with E-state index in [-0.39, 0.29) is 29.5 Å². The third kappa shape index (κ3) is 3.29. The molecule has 0 amide bonds. The first-order chi connectivity index (χ1) is 14.3. The summed E-state index contributed by atoms with van der Waals surface area (Å²) >= 11 is 0. The van der Waals surface area contributed by atoms with Crippen LogP contribution in [0.3, 0.4) is 0 Å². The number of fused-ring (bicyclic) bond motifs is 3. The predicted octanol–water partition coefficient (Wildman–Crippen LogP) is 3.62. The van der Waals surface area contributed by atoms with Crippen molar-refractivity contribution >= 4 is 17.7 Å². The quantitative estimate of drug-likeness (QED) is 0.539. The Hall–Kier alpha value is -1.95. The molecule has 0 aromatic rings. The van der Waals surface area contributed by atoms with E-state index < -0.39 is 41.1 Å². The van der Waals surface area contributed by atoms with Crippen LogP contribution in [0.2, 0.25) is 0 Å². The third-order valence-electron chi connectivity index (χ3n) is 8.42. The van der Waals surface area contributed by atoms with Crippen LogP contribution in [0.1, 0.15) is 61.8 Å². The Morgan fingerprint density at radius 1 is 0.968 bits per heavy atom. The van der Waals surface area contributed by atoms with E-state index in [0.29, 0.717) is 17.6 Å². The Kier molecular flexibility index (Phi) is 6.02. The Bertz CT molecular complexity index is 852. The lowest BCUT2D eigenvalue weighted by molar-refractivity contribution is -0.241. The predicted molar refractivity (Wildman–Crippen MR) is 116 cm³/mol. The van der Waals surface area contributed by atoms with Crippen LogP contribution in [-0.2, 0) is 23.9 Å². The lowest BCUT2D eigenvalue weighted by atomic mass is 9.35. The van der Waals surface area contributed by atoms with E-state index in [1.165, 1.54) is 0 Å². The Balaban J connectivity index is 2.12. The molecule has 8 unspecified atom stereocenters. The number of ether oxygens (including phenoxy) is 2. The molecule has 0 saturated heterocycles. The van der Waals surface area contributed by atoms with Gasteiger partial charge in [-0.05, 0) is 45.4 Å². The number of aliphatic hydroxyl groups excluding tert-OH is 1. The maximum atomic E-state index is 13.2. The Morgan fingerprint density at radius 2 is 1.45 bits per heavy atom. The van der Waals surface area contributed by atoms with Gasteiger partial charge in [0.15, 0.2) is 0 Å². The minimum atomic E-state index is -1.24. The molecule has 0 aromatic heterocycles. The molecule has 0 radical (unpaired) electrons.